The summed E-state index contributed by atoms with van der Waals surface area (Å²) < 4.78 is 23.0. The molecule has 7 heteroatoms. The number of nitrogens with two attached hydrogens (primary N) is 1. The molecule has 1 aliphatic rings. The number of nitrogens with one attached hydrogen (secondary N) is 1. The van der Waals surface area contributed by atoms with Crippen LogP contribution in [0.3, 0.4) is 0 Å². The molecule has 1 aliphatic carbocycles. The van der Waals surface area contributed by atoms with E-state index in [9.17, 15) is 13.2 Å². The number of benzene rings is 2. The average molecular weight is 351 g/mol. The van der Waals surface area contributed by atoms with Gasteiger partial charge in [0.15, 0.2) is 0 Å². The second kappa shape index (κ2) is 5.96. The Hall–Kier alpha value is -1.89. The third-order valence-electron chi connectivity index (χ3n) is 3.94. The van der Waals surface area contributed by atoms with Gasteiger partial charge < -0.3 is 5.32 Å². The van der Waals surface area contributed by atoms with Gasteiger partial charge in [0.1, 0.15) is 4.90 Å². The standard InChI is InChI=1S/C16H15ClN2O3S/c17-13-7-5-11(9-15(13)23(18,21)22)16(20)19-14-8-6-10-3-1-2-4-12(10)14/h1-5,7,9,14H,6,8H2,(H,19,20)(H2,18,21,22). The van der Waals surface area contributed by atoms with E-state index in [0.717, 1.165) is 18.4 Å². The molecule has 5 nitrogen and oxygen atoms in total. The van der Waals surface area contributed by atoms with E-state index < -0.39 is 10.0 Å². The third kappa shape index (κ3) is 3.24. The first-order chi connectivity index (χ1) is 10.9. The minimum Gasteiger partial charge on any atom is -0.345 e. The number of carbonyl (C=O) groups is 1. The summed E-state index contributed by atoms with van der Waals surface area (Å²) in [5.74, 6) is -0.353. The zero-order chi connectivity index (χ0) is 16.6. The largest absolute Gasteiger partial charge is 0.345 e. The molecule has 0 aromatic heterocycles. The van der Waals surface area contributed by atoms with Gasteiger partial charge >= 0.3 is 0 Å². The molecule has 1 atom stereocenters. The highest BCUT2D eigenvalue weighted by Gasteiger charge is 2.24. The maximum Gasteiger partial charge on any atom is 0.251 e. The number of hydrogen-bond acceptors (Lipinski definition) is 3. The van der Waals surface area contributed by atoms with Crippen molar-refractivity contribution in [2.45, 2.75) is 23.8 Å². The van der Waals surface area contributed by atoms with Crippen molar-refractivity contribution in [3.8, 4) is 0 Å². The summed E-state index contributed by atoms with van der Waals surface area (Å²) in [6, 6.07) is 11.9. The van der Waals surface area contributed by atoms with Crippen LogP contribution in [0.5, 0.6) is 0 Å². The number of primary sulfonamides is 1. The number of hydrogen-bond donors (Lipinski definition) is 2. The fourth-order valence-electron chi connectivity index (χ4n) is 2.81. The molecule has 0 saturated carbocycles. The number of halogens is 1. The van der Waals surface area contributed by atoms with Crippen LogP contribution in [0, 0.1) is 0 Å². The van der Waals surface area contributed by atoms with Gasteiger partial charge in [-0.05, 0) is 42.2 Å². The normalized spacial score (nSPS) is 16.9. The van der Waals surface area contributed by atoms with Crippen LogP contribution in [0.2, 0.25) is 5.02 Å². The Morgan fingerprint density at radius 3 is 2.70 bits per heavy atom. The maximum absolute atomic E-state index is 12.4. The Balaban J connectivity index is 1.85. The van der Waals surface area contributed by atoms with Gasteiger partial charge in [0.05, 0.1) is 11.1 Å². The minimum atomic E-state index is -3.98. The molecule has 0 bridgehead atoms. The average Bonchev–Trinajstić information content (AvgIpc) is 2.90. The van der Waals surface area contributed by atoms with Crippen molar-refractivity contribution in [1.82, 2.24) is 5.32 Å². The van der Waals surface area contributed by atoms with Gasteiger partial charge in [0, 0.05) is 5.56 Å². The van der Waals surface area contributed by atoms with Gasteiger partial charge in [-0.15, -0.1) is 0 Å². The minimum absolute atomic E-state index is 0.00439. The van der Waals surface area contributed by atoms with Crippen LogP contribution in [0.25, 0.3) is 0 Å². The molecule has 3 N–H and O–H groups in total. The maximum atomic E-state index is 12.4. The smallest absolute Gasteiger partial charge is 0.251 e. The number of aryl methyl sites for hydroxylation is 1. The van der Waals surface area contributed by atoms with Gasteiger partial charge in [0.2, 0.25) is 10.0 Å². The lowest BCUT2D eigenvalue weighted by Crippen LogP contribution is -2.27. The van der Waals surface area contributed by atoms with Crippen molar-refractivity contribution in [1.29, 1.82) is 0 Å². The molecule has 1 amide bonds. The summed E-state index contributed by atoms with van der Waals surface area (Å²) in [6.07, 6.45) is 1.73. The van der Waals surface area contributed by atoms with Crippen LogP contribution in [-0.4, -0.2) is 14.3 Å². The van der Waals surface area contributed by atoms with E-state index in [1.165, 1.54) is 23.8 Å². The van der Waals surface area contributed by atoms with Crippen molar-refractivity contribution >= 4 is 27.5 Å². The Labute approximate surface area is 139 Å². The van der Waals surface area contributed by atoms with Crippen molar-refractivity contribution in [3.05, 3.63) is 64.2 Å². The van der Waals surface area contributed by atoms with Crippen LogP contribution in [0.4, 0.5) is 0 Å². The fraction of sp³-hybridized carbons (Fsp3) is 0.188. The first-order valence-corrected chi connectivity index (χ1v) is 9.00. The lowest BCUT2D eigenvalue weighted by molar-refractivity contribution is 0.0936. The highest BCUT2D eigenvalue weighted by molar-refractivity contribution is 7.89. The number of carbonyl (C=O) groups excluding carboxylic acids is 1. The highest BCUT2D eigenvalue weighted by Crippen LogP contribution is 2.31. The first-order valence-electron chi connectivity index (χ1n) is 7.07. The molecule has 2 aromatic rings. The van der Waals surface area contributed by atoms with Crippen LogP contribution in [0.15, 0.2) is 47.4 Å². The summed E-state index contributed by atoms with van der Waals surface area (Å²) in [5, 5.41) is 8.04. The monoisotopic (exact) mass is 350 g/mol. The molecule has 0 saturated heterocycles. The van der Waals surface area contributed by atoms with E-state index in [-0.39, 0.29) is 27.4 Å². The molecular weight excluding hydrogens is 336 g/mol. The quantitative estimate of drug-likeness (QED) is 0.890. The lowest BCUT2D eigenvalue weighted by atomic mass is 10.1. The van der Waals surface area contributed by atoms with E-state index in [4.69, 9.17) is 16.7 Å². The molecule has 120 valence electrons. The Morgan fingerprint density at radius 2 is 1.96 bits per heavy atom. The van der Waals surface area contributed by atoms with Crippen LogP contribution < -0.4 is 10.5 Å². The van der Waals surface area contributed by atoms with Gasteiger partial charge in [0.25, 0.3) is 5.91 Å². The number of rotatable bonds is 3. The topological polar surface area (TPSA) is 89.3 Å². The fourth-order valence-corrected chi connectivity index (χ4v) is 3.88. The molecule has 0 fully saturated rings. The predicted octanol–water partition coefficient (Wildman–Crippen LogP) is 2.40. The summed E-state index contributed by atoms with van der Waals surface area (Å²) in [5.41, 5.74) is 2.53. The van der Waals surface area contributed by atoms with Crippen molar-refractivity contribution in [2.75, 3.05) is 0 Å². The van der Waals surface area contributed by atoms with Gasteiger partial charge in [-0.3, -0.25) is 4.79 Å². The molecule has 23 heavy (non-hydrogen) atoms. The molecule has 3 rings (SSSR count). The zero-order valence-electron chi connectivity index (χ0n) is 12.1. The Kier molecular flexibility index (Phi) is 4.14. The van der Waals surface area contributed by atoms with E-state index in [1.807, 2.05) is 24.3 Å². The van der Waals surface area contributed by atoms with Gasteiger partial charge in [-0.25, -0.2) is 13.6 Å². The molecule has 2 aromatic carbocycles. The van der Waals surface area contributed by atoms with Crippen LogP contribution in [-0.2, 0) is 16.4 Å². The molecule has 0 radical (unpaired) electrons. The molecule has 0 heterocycles. The van der Waals surface area contributed by atoms with E-state index >= 15 is 0 Å². The third-order valence-corrected chi connectivity index (χ3v) is 5.33. The lowest BCUT2D eigenvalue weighted by Gasteiger charge is -2.14. The molecule has 0 spiro atoms. The van der Waals surface area contributed by atoms with E-state index in [2.05, 4.69) is 5.32 Å². The van der Waals surface area contributed by atoms with Crippen molar-refractivity contribution < 1.29 is 13.2 Å². The number of sulfonamides is 1. The van der Waals surface area contributed by atoms with Crippen LogP contribution >= 0.6 is 11.6 Å². The van der Waals surface area contributed by atoms with Crippen molar-refractivity contribution in [3.63, 3.8) is 0 Å². The second-order valence-electron chi connectivity index (χ2n) is 5.45. The first kappa shape index (κ1) is 16.0. The van der Waals surface area contributed by atoms with Gasteiger partial charge in [-0.2, -0.15) is 0 Å². The summed E-state index contributed by atoms with van der Waals surface area (Å²) in [6.45, 7) is 0. The molecular formula is C16H15ClN2O3S. The van der Waals surface area contributed by atoms with E-state index in [0.29, 0.717) is 0 Å². The SMILES string of the molecule is NS(=O)(=O)c1cc(C(=O)NC2CCc3ccccc32)ccc1Cl. The van der Waals surface area contributed by atoms with Gasteiger partial charge in [-0.1, -0.05) is 35.9 Å². The molecule has 0 aliphatic heterocycles. The number of fused-ring (bicyclic) bond motifs is 1. The predicted molar refractivity (Wildman–Crippen MR) is 87.8 cm³/mol. The summed E-state index contributed by atoms with van der Waals surface area (Å²) >= 11 is 5.83. The highest BCUT2D eigenvalue weighted by atomic mass is 35.5. The Morgan fingerprint density at radius 1 is 1.22 bits per heavy atom. The Bertz CT molecular complexity index is 881. The van der Waals surface area contributed by atoms with Crippen molar-refractivity contribution in [2.24, 2.45) is 5.14 Å². The summed E-state index contributed by atoms with van der Waals surface area (Å²) in [4.78, 5) is 12.2. The number of amides is 1. The zero-order valence-corrected chi connectivity index (χ0v) is 13.7. The summed E-state index contributed by atoms with van der Waals surface area (Å²) in [7, 11) is -3.98. The van der Waals surface area contributed by atoms with Crippen LogP contribution in [0.1, 0.15) is 33.9 Å². The second-order valence-corrected chi connectivity index (χ2v) is 7.39. The van der Waals surface area contributed by atoms with E-state index in [1.54, 1.807) is 0 Å². The molecule has 1 unspecified atom stereocenters.